The second-order valence-electron chi connectivity index (χ2n) is 8.35. The fourth-order valence-corrected chi connectivity index (χ4v) is 4.78. The highest BCUT2D eigenvalue weighted by Crippen LogP contribution is 2.47. The fraction of sp³-hybridized carbons (Fsp3) is 0.222. The summed E-state index contributed by atoms with van der Waals surface area (Å²) in [5.41, 5.74) is 5.37. The Morgan fingerprint density at radius 1 is 0.848 bits per heavy atom. The van der Waals surface area contributed by atoms with Crippen LogP contribution in [0.25, 0.3) is 0 Å². The molecule has 0 aromatic heterocycles. The maximum absolute atomic E-state index is 13.6. The van der Waals surface area contributed by atoms with E-state index in [9.17, 15) is 9.90 Å². The molecule has 3 aromatic carbocycles. The standard InChI is InChI=1S/C27H26N2O4/c1-32-23-14-18(15-24(33-2)27(23)31)26-25-21(28-19-10-6-7-11-20(19)29-26)12-17(13-22(25)30)16-8-4-3-5-9-16/h3-11,14-15,17,26,28-29,31H,12-13H2,1-2H3/t17-,26-/m1/s1. The minimum Gasteiger partial charge on any atom is -0.502 e. The first kappa shape index (κ1) is 20.9. The normalized spacial score (nSPS) is 19.5. The van der Waals surface area contributed by atoms with Crippen molar-refractivity contribution in [2.45, 2.75) is 24.8 Å². The molecule has 3 N–H and O–H groups in total. The lowest BCUT2D eigenvalue weighted by Crippen LogP contribution is -2.27. The van der Waals surface area contributed by atoms with Crippen molar-refractivity contribution in [3.63, 3.8) is 0 Å². The molecule has 0 amide bonds. The summed E-state index contributed by atoms with van der Waals surface area (Å²) in [6.07, 6.45) is 1.16. The van der Waals surface area contributed by atoms with E-state index in [4.69, 9.17) is 9.47 Å². The first-order valence-corrected chi connectivity index (χ1v) is 11.0. The molecular weight excluding hydrogens is 416 g/mol. The van der Waals surface area contributed by atoms with Gasteiger partial charge in [-0.25, -0.2) is 0 Å². The van der Waals surface area contributed by atoms with Crippen LogP contribution in [0.4, 0.5) is 11.4 Å². The number of hydrogen-bond acceptors (Lipinski definition) is 6. The number of phenolic OH excluding ortho intramolecular Hbond substituents is 1. The molecule has 0 unspecified atom stereocenters. The largest absolute Gasteiger partial charge is 0.502 e. The molecule has 2 atom stereocenters. The number of hydrogen-bond donors (Lipinski definition) is 3. The summed E-state index contributed by atoms with van der Waals surface area (Å²) in [6, 6.07) is 21.2. The van der Waals surface area contributed by atoms with Crippen molar-refractivity contribution in [1.29, 1.82) is 0 Å². The minimum absolute atomic E-state index is 0.0655. The zero-order chi connectivity index (χ0) is 22.9. The lowest BCUT2D eigenvalue weighted by molar-refractivity contribution is -0.116. The molecule has 168 valence electrons. The number of ether oxygens (including phenoxy) is 2. The van der Waals surface area contributed by atoms with Crippen LogP contribution in [0.3, 0.4) is 0 Å². The molecular formula is C27H26N2O4. The number of Topliss-reactive ketones (excluding diaryl/α,β-unsaturated/α-hetero) is 1. The maximum Gasteiger partial charge on any atom is 0.200 e. The van der Waals surface area contributed by atoms with E-state index >= 15 is 0 Å². The second-order valence-corrected chi connectivity index (χ2v) is 8.35. The highest BCUT2D eigenvalue weighted by atomic mass is 16.5. The number of rotatable bonds is 4. The number of benzene rings is 3. The highest BCUT2D eigenvalue weighted by Gasteiger charge is 2.36. The van der Waals surface area contributed by atoms with E-state index in [1.807, 2.05) is 42.5 Å². The number of fused-ring (bicyclic) bond motifs is 1. The molecule has 1 aliphatic heterocycles. The Hall–Kier alpha value is -3.93. The van der Waals surface area contributed by atoms with Crippen LogP contribution in [0.15, 0.2) is 78.0 Å². The first-order valence-electron chi connectivity index (χ1n) is 11.0. The molecule has 1 aliphatic carbocycles. The van der Waals surface area contributed by atoms with Gasteiger partial charge in [-0.15, -0.1) is 0 Å². The second kappa shape index (κ2) is 8.54. The molecule has 0 spiro atoms. The van der Waals surface area contributed by atoms with E-state index < -0.39 is 6.04 Å². The van der Waals surface area contributed by atoms with E-state index in [1.54, 1.807) is 12.1 Å². The van der Waals surface area contributed by atoms with Crippen molar-refractivity contribution in [2.75, 3.05) is 24.9 Å². The number of para-hydroxylation sites is 2. The number of methoxy groups -OCH3 is 2. The van der Waals surface area contributed by atoms with Gasteiger partial charge in [0.05, 0.1) is 31.6 Å². The molecule has 5 rings (SSSR count). The summed E-state index contributed by atoms with van der Waals surface area (Å²) in [7, 11) is 2.99. The lowest BCUT2D eigenvalue weighted by atomic mass is 9.78. The van der Waals surface area contributed by atoms with E-state index in [0.29, 0.717) is 23.5 Å². The van der Waals surface area contributed by atoms with Crippen molar-refractivity contribution in [2.24, 2.45) is 0 Å². The number of allylic oxidation sites excluding steroid dienone is 1. The molecule has 0 fully saturated rings. The van der Waals surface area contributed by atoms with E-state index in [-0.39, 0.29) is 17.5 Å². The SMILES string of the molecule is COc1cc([C@H]2Nc3ccccc3NC3=C2C(=O)C[C@H](c2ccccc2)C3)cc(OC)c1O. The highest BCUT2D eigenvalue weighted by molar-refractivity contribution is 6.01. The Kier molecular flexibility index (Phi) is 5.42. The smallest absolute Gasteiger partial charge is 0.200 e. The van der Waals surface area contributed by atoms with Crippen LogP contribution in [-0.4, -0.2) is 25.1 Å². The van der Waals surface area contributed by atoms with Gasteiger partial charge in [-0.3, -0.25) is 4.79 Å². The number of ketones is 1. The van der Waals surface area contributed by atoms with Crippen molar-refractivity contribution in [3.05, 3.63) is 89.1 Å². The van der Waals surface area contributed by atoms with Crippen molar-refractivity contribution < 1.29 is 19.4 Å². The fourth-order valence-electron chi connectivity index (χ4n) is 4.78. The summed E-state index contributed by atoms with van der Waals surface area (Å²) >= 11 is 0. The van der Waals surface area contributed by atoms with Crippen LogP contribution >= 0.6 is 0 Å². The van der Waals surface area contributed by atoms with Crippen LogP contribution < -0.4 is 20.1 Å². The van der Waals surface area contributed by atoms with Crippen LogP contribution in [0, 0.1) is 0 Å². The molecule has 1 heterocycles. The third kappa shape index (κ3) is 3.78. The topological polar surface area (TPSA) is 79.8 Å². The molecule has 2 aliphatic rings. The van der Waals surface area contributed by atoms with Crippen molar-refractivity contribution in [1.82, 2.24) is 0 Å². The number of anilines is 2. The number of carbonyl (C=O) groups is 1. The first-order chi connectivity index (χ1) is 16.1. The Balaban J connectivity index is 1.65. The van der Waals surface area contributed by atoms with Gasteiger partial charge < -0.3 is 25.2 Å². The maximum atomic E-state index is 13.6. The quantitative estimate of drug-likeness (QED) is 0.503. The van der Waals surface area contributed by atoms with Crippen LogP contribution in [-0.2, 0) is 4.79 Å². The Morgan fingerprint density at radius 2 is 1.48 bits per heavy atom. The molecule has 6 nitrogen and oxygen atoms in total. The van der Waals surface area contributed by atoms with Crippen molar-refractivity contribution in [3.8, 4) is 17.2 Å². The van der Waals surface area contributed by atoms with Gasteiger partial charge in [0, 0.05) is 17.7 Å². The van der Waals surface area contributed by atoms with E-state index in [2.05, 4.69) is 22.8 Å². The number of nitrogens with one attached hydrogen (secondary N) is 2. The van der Waals surface area contributed by atoms with Crippen LogP contribution in [0.2, 0.25) is 0 Å². The summed E-state index contributed by atoms with van der Waals surface area (Å²) in [5.74, 6) is 0.728. The van der Waals surface area contributed by atoms with Gasteiger partial charge >= 0.3 is 0 Å². The van der Waals surface area contributed by atoms with Crippen molar-refractivity contribution >= 4 is 17.2 Å². The minimum atomic E-state index is -0.427. The Labute approximate surface area is 192 Å². The van der Waals surface area contributed by atoms with Crippen LogP contribution in [0.5, 0.6) is 17.2 Å². The van der Waals surface area contributed by atoms with Gasteiger partial charge in [-0.05, 0) is 47.7 Å². The predicted molar refractivity (Wildman–Crippen MR) is 128 cm³/mol. The number of carbonyl (C=O) groups excluding carboxylic acids is 1. The van der Waals surface area contributed by atoms with Crippen LogP contribution in [0.1, 0.15) is 35.9 Å². The lowest BCUT2D eigenvalue weighted by Gasteiger charge is -2.30. The predicted octanol–water partition coefficient (Wildman–Crippen LogP) is 5.39. The zero-order valence-electron chi connectivity index (χ0n) is 18.6. The summed E-state index contributed by atoms with van der Waals surface area (Å²) in [4.78, 5) is 13.6. The average molecular weight is 443 g/mol. The van der Waals surface area contributed by atoms with Gasteiger partial charge in [-0.2, -0.15) is 0 Å². The summed E-state index contributed by atoms with van der Waals surface area (Å²) < 4.78 is 10.8. The van der Waals surface area contributed by atoms with E-state index in [0.717, 1.165) is 34.6 Å². The molecule has 0 radical (unpaired) electrons. The van der Waals surface area contributed by atoms with Gasteiger partial charge in [0.25, 0.3) is 0 Å². The van der Waals surface area contributed by atoms with E-state index in [1.165, 1.54) is 14.2 Å². The van der Waals surface area contributed by atoms with Gasteiger partial charge in [0.1, 0.15) is 0 Å². The third-order valence-electron chi connectivity index (χ3n) is 6.42. The molecule has 3 aromatic rings. The third-order valence-corrected chi connectivity index (χ3v) is 6.42. The Bertz CT molecular complexity index is 1210. The average Bonchev–Trinajstić information content (AvgIpc) is 3.01. The monoisotopic (exact) mass is 442 g/mol. The van der Waals surface area contributed by atoms with Gasteiger partial charge in [0.15, 0.2) is 17.3 Å². The van der Waals surface area contributed by atoms with Gasteiger partial charge in [0.2, 0.25) is 5.75 Å². The Morgan fingerprint density at radius 3 is 2.15 bits per heavy atom. The molecule has 0 bridgehead atoms. The number of aromatic hydroxyl groups is 1. The molecule has 33 heavy (non-hydrogen) atoms. The van der Waals surface area contributed by atoms with Gasteiger partial charge in [-0.1, -0.05) is 42.5 Å². The zero-order valence-corrected chi connectivity index (χ0v) is 18.6. The molecule has 0 saturated heterocycles. The number of phenols is 1. The summed E-state index contributed by atoms with van der Waals surface area (Å²) in [5, 5.41) is 17.5. The molecule has 6 heteroatoms. The summed E-state index contributed by atoms with van der Waals surface area (Å²) in [6.45, 7) is 0. The molecule has 0 saturated carbocycles.